The van der Waals surface area contributed by atoms with Crippen molar-refractivity contribution in [3.05, 3.63) is 0 Å². The fourth-order valence-corrected chi connectivity index (χ4v) is 4.86. The molecule has 122 valence electrons. The van der Waals surface area contributed by atoms with Gasteiger partial charge >= 0.3 is 0 Å². The summed E-state index contributed by atoms with van der Waals surface area (Å²) in [5, 5.41) is 0. The molecule has 0 aromatic rings. The van der Waals surface area contributed by atoms with Crippen LogP contribution in [-0.4, -0.2) is 29.9 Å². The summed E-state index contributed by atoms with van der Waals surface area (Å²) in [6.45, 7) is 6.50. The Labute approximate surface area is 135 Å². The van der Waals surface area contributed by atoms with Gasteiger partial charge in [0.2, 0.25) is 5.91 Å². The smallest absolute Gasteiger partial charge is 0.225 e. The predicted molar refractivity (Wildman–Crippen MR) is 88.4 cm³/mol. The third-order valence-corrected chi connectivity index (χ3v) is 5.97. The van der Waals surface area contributed by atoms with E-state index in [9.17, 15) is 4.79 Å². The van der Waals surface area contributed by atoms with E-state index < -0.39 is 0 Å². The minimum atomic E-state index is 0. The maximum absolute atomic E-state index is 12.9. The molecule has 21 heavy (non-hydrogen) atoms. The molecule has 0 radical (unpaired) electrons. The first kappa shape index (κ1) is 17.1. The summed E-state index contributed by atoms with van der Waals surface area (Å²) < 4.78 is 0. The number of piperidine rings is 1. The zero-order valence-corrected chi connectivity index (χ0v) is 14.3. The number of nitrogens with zero attached hydrogens (tertiary/aromatic N) is 1. The maximum atomic E-state index is 12.9. The highest BCUT2D eigenvalue weighted by Gasteiger charge is 2.42. The topological polar surface area (TPSA) is 46.3 Å². The average Bonchev–Trinajstić information content (AvgIpc) is 2.36. The summed E-state index contributed by atoms with van der Waals surface area (Å²) in [7, 11) is 0. The van der Waals surface area contributed by atoms with E-state index in [0.29, 0.717) is 29.2 Å². The van der Waals surface area contributed by atoms with E-state index in [0.717, 1.165) is 32.4 Å². The summed E-state index contributed by atoms with van der Waals surface area (Å²) in [4.78, 5) is 15.0. The number of carbonyl (C=O) groups excluding carboxylic acids is 1. The second kappa shape index (κ2) is 6.45. The first-order valence-electron chi connectivity index (χ1n) is 8.51. The van der Waals surface area contributed by atoms with Crippen molar-refractivity contribution in [2.75, 3.05) is 13.1 Å². The minimum Gasteiger partial charge on any atom is -0.342 e. The average molecular weight is 315 g/mol. The number of hydrogen-bond acceptors (Lipinski definition) is 2. The van der Waals surface area contributed by atoms with Crippen LogP contribution < -0.4 is 5.73 Å². The Morgan fingerprint density at radius 1 is 1.14 bits per heavy atom. The summed E-state index contributed by atoms with van der Waals surface area (Å²) >= 11 is 0. The van der Waals surface area contributed by atoms with Gasteiger partial charge in [-0.1, -0.05) is 20.3 Å². The molecule has 2 saturated carbocycles. The van der Waals surface area contributed by atoms with Crippen molar-refractivity contribution in [3.63, 3.8) is 0 Å². The molecule has 1 heterocycles. The van der Waals surface area contributed by atoms with E-state index in [1.54, 1.807) is 0 Å². The molecular formula is C17H31ClN2O. The molecule has 2 aliphatic carbocycles. The van der Waals surface area contributed by atoms with Gasteiger partial charge in [0.05, 0.1) is 0 Å². The molecule has 1 saturated heterocycles. The second-order valence-electron chi connectivity index (χ2n) is 8.22. The fourth-order valence-electron chi connectivity index (χ4n) is 4.86. The zero-order chi connectivity index (χ0) is 14.3. The van der Waals surface area contributed by atoms with Crippen LogP contribution in [0.1, 0.15) is 58.8 Å². The number of fused-ring (bicyclic) bond motifs is 2. The van der Waals surface area contributed by atoms with Gasteiger partial charge in [0.1, 0.15) is 0 Å². The molecule has 2 N–H and O–H groups in total. The van der Waals surface area contributed by atoms with E-state index in [2.05, 4.69) is 18.7 Å². The highest BCUT2D eigenvalue weighted by Crippen LogP contribution is 2.43. The van der Waals surface area contributed by atoms with Gasteiger partial charge in [-0.15, -0.1) is 12.4 Å². The number of halogens is 1. The van der Waals surface area contributed by atoms with Crippen LogP contribution in [0.15, 0.2) is 0 Å². The second-order valence-corrected chi connectivity index (χ2v) is 8.22. The van der Waals surface area contributed by atoms with Gasteiger partial charge in [0.25, 0.3) is 0 Å². The van der Waals surface area contributed by atoms with E-state index >= 15 is 0 Å². The highest BCUT2D eigenvalue weighted by molar-refractivity contribution is 5.85. The van der Waals surface area contributed by atoms with Gasteiger partial charge in [-0.25, -0.2) is 0 Å². The SMILES string of the molecule is CC1(C)CCCN(C(=O)C2CC3CCCC(C2)C3N)C1.Cl. The lowest BCUT2D eigenvalue weighted by molar-refractivity contribution is -0.141. The van der Waals surface area contributed by atoms with Crippen molar-refractivity contribution >= 4 is 18.3 Å². The first-order chi connectivity index (χ1) is 9.46. The van der Waals surface area contributed by atoms with Gasteiger partial charge in [0.15, 0.2) is 0 Å². The van der Waals surface area contributed by atoms with Crippen LogP contribution >= 0.6 is 12.4 Å². The Hall–Kier alpha value is -0.280. The van der Waals surface area contributed by atoms with Crippen molar-refractivity contribution in [2.24, 2.45) is 28.9 Å². The van der Waals surface area contributed by atoms with Crippen molar-refractivity contribution in [1.29, 1.82) is 0 Å². The number of amides is 1. The Morgan fingerprint density at radius 2 is 1.76 bits per heavy atom. The van der Waals surface area contributed by atoms with Gasteiger partial charge in [-0.2, -0.15) is 0 Å². The molecule has 2 unspecified atom stereocenters. The lowest BCUT2D eigenvalue weighted by Gasteiger charge is -2.46. The molecule has 2 atom stereocenters. The standard InChI is InChI=1S/C17H30N2O.ClH/c1-17(2)7-4-8-19(11-17)16(20)14-9-12-5-3-6-13(10-14)15(12)18;/h12-15H,3-11,18H2,1-2H3;1H. The summed E-state index contributed by atoms with van der Waals surface area (Å²) in [5.74, 6) is 1.91. The highest BCUT2D eigenvalue weighted by atomic mass is 35.5. The van der Waals surface area contributed by atoms with Crippen molar-refractivity contribution in [3.8, 4) is 0 Å². The Bertz CT molecular complexity index is 371. The lowest BCUT2D eigenvalue weighted by Crippen LogP contribution is -2.52. The molecule has 3 rings (SSSR count). The summed E-state index contributed by atoms with van der Waals surface area (Å²) in [6, 6.07) is 0.366. The maximum Gasteiger partial charge on any atom is 0.225 e. The molecule has 3 fully saturated rings. The number of carbonyl (C=O) groups is 1. The Morgan fingerprint density at radius 3 is 2.33 bits per heavy atom. The van der Waals surface area contributed by atoms with Crippen LogP contribution in [0.2, 0.25) is 0 Å². The van der Waals surface area contributed by atoms with Crippen molar-refractivity contribution < 1.29 is 4.79 Å². The molecule has 4 heteroatoms. The molecular weight excluding hydrogens is 284 g/mol. The third-order valence-electron chi connectivity index (χ3n) is 5.97. The van der Waals surface area contributed by atoms with Crippen LogP contribution in [0.25, 0.3) is 0 Å². The van der Waals surface area contributed by atoms with Crippen LogP contribution in [-0.2, 0) is 4.79 Å². The number of nitrogens with two attached hydrogens (primary N) is 1. The molecule has 3 aliphatic rings. The molecule has 0 aromatic heterocycles. The van der Waals surface area contributed by atoms with Gasteiger partial charge < -0.3 is 10.6 Å². The molecule has 3 nitrogen and oxygen atoms in total. The molecule has 0 spiro atoms. The minimum absolute atomic E-state index is 0. The van der Waals surface area contributed by atoms with E-state index in [1.165, 1.54) is 25.7 Å². The lowest BCUT2D eigenvalue weighted by atomic mass is 9.64. The fraction of sp³-hybridized carbons (Fsp3) is 0.941. The van der Waals surface area contributed by atoms with E-state index in [4.69, 9.17) is 5.73 Å². The van der Waals surface area contributed by atoms with Gasteiger partial charge in [-0.05, 0) is 55.8 Å². The van der Waals surface area contributed by atoms with Crippen LogP contribution in [0.4, 0.5) is 0 Å². The molecule has 0 aromatic carbocycles. The summed E-state index contributed by atoms with van der Waals surface area (Å²) in [5.41, 5.74) is 6.64. The van der Waals surface area contributed by atoms with E-state index in [1.807, 2.05) is 0 Å². The van der Waals surface area contributed by atoms with Gasteiger partial charge in [-0.3, -0.25) is 4.79 Å². The first-order valence-corrected chi connectivity index (χ1v) is 8.51. The van der Waals surface area contributed by atoms with E-state index in [-0.39, 0.29) is 18.3 Å². The molecule has 2 bridgehead atoms. The third kappa shape index (κ3) is 3.56. The number of hydrogen-bond donors (Lipinski definition) is 1. The van der Waals surface area contributed by atoms with Crippen LogP contribution in [0.5, 0.6) is 0 Å². The zero-order valence-electron chi connectivity index (χ0n) is 13.5. The van der Waals surface area contributed by atoms with Gasteiger partial charge in [0, 0.05) is 25.0 Å². The largest absolute Gasteiger partial charge is 0.342 e. The van der Waals surface area contributed by atoms with Crippen molar-refractivity contribution in [2.45, 2.75) is 64.8 Å². The Kier molecular flexibility index (Phi) is 5.25. The molecule has 1 aliphatic heterocycles. The van der Waals surface area contributed by atoms with Crippen LogP contribution in [0, 0.1) is 23.2 Å². The quantitative estimate of drug-likeness (QED) is 0.808. The Balaban J connectivity index is 0.00000161. The van der Waals surface area contributed by atoms with Crippen LogP contribution in [0.3, 0.4) is 0 Å². The predicted octanol–water partition coefficient (Wildman–Crippen LogP) is 3.21. The number of likely N-dealkylation sites (tertiary alicyclic amines) is 1. The normalized spacial score (nSPS) is 38.5. The summed E-state index contributed by atoms with van der Waals surface area (Å²) in [6.07, 6.45) is 8.32. The number of rotatable bonds is 1. The molecule has 1 amide bonds. The van der Waals surface area contributed by atoms with Crippen molar-refractivity contribution in [1.82, 2.24) is 4.90 Å². The monoisotopic (exact) mass is 314 g/mol.